The fourth-order valence-electron chi connectivity index (χ4n) is 3.35. The van der Waals surface area contributed by atoms with Gasteiger partial charge in [-0.3, -0.25) is 5.32 Å². The van der Waals surface area contributed by atoms with Crippen LogP contribution in [0.1, 0.15) is 30.4 Å². The van der Waals surface area contributed by atoms with E-state index in [2.05, 4.69) is 11.4 Å². The van der Waals surface area contributed by atoms with E-state index in [4.69, 9.17) is 9.47 Å². The molecule has 1 heterocycles. The third-order valence-corrected chi connectivity index (χ3v) is 4.44. The molecule has 1 N–H and O–H groups in total. The first-order valence-corrected chi connectivity index (χ1v) is 7.30. The lowest BCUT2D eigenvalue weighted by Gasteiger charge is -2.30. The minimum Gasteiger partial charge on any atom is -0.467 e. The van der Waals surface area contributed by atoms with Crippen LogP contribution in [0.15, 0.2) is 24.3 Å². The molecule has 4 heteroatoms. The topological polar surface area (TPSA) is 47.6 Å². The van der Waals surface area contributed by atoms with Gasteiger partial charge in [-0.15, -0.1) is 0 Å². The summed E-state index contributed by atoms with van der Waals surface area (Å²) in [4.78, 5) is 12.4. The second-order valence-electron chi connectivity index (χ2n) is 5.57. The van der Waals surface area contributed by atoms with Crippen LogP contribution >= 0.6 is 0 Å². The molecule has 1 aromatic rings. The number of esters is 1. The molecule has 1 fully saturated rings. The summed E-state index contributed by atoms with van der Waals surface area (Å²) < 4.78 is 10.7. The quantitative estimate of drug-likeness (QED) is 0.851. The first kappa shape index (κ1) is 13.6. The van der Waals surface area contributed by atoms with E-state index in [0.29, 0.717) is 6.54 Å². The summed E-state index contributed by atoms with van der Waals surface area (Å²) in [6.07, 6.45) is 4.04. The second kappa shape index (κ2) is 5.54. The first-order chi connectivity index (χ1) is 9.76. The Morgan fingerprint density at radius 2 is 2.35 bits per heavy atom. The van der Waals surface area contributed by atoms with Crippen molar-refractivity contribution in [3.05, 3.63) is 35.4 Å². The van der Waals surface area contributed by atoms with Crippen LogP contribution in [-0.4, -0.2) is 32.3 Å². The first-order valence-electron chi connectivity index (χ1n) is 7.30. The standard InChI is InChI=1S/C16H21NO3/c1-19-15(18)16(17-11-13-6-4-10-20-13)9-8-12-5-2-3-7-14(12)16/h2-3,5,7,13,17H,4,6,8-11H2,1H3. The van der Waals surface area contributed by atoms with Crippen LogP contribution in [0.3, 0.4) is 0 Å². The van der Waals surface area contributed by atoms with Crippen molar-refractivity contribution in [2.45, 2.75) is 37.3 Å². The van der Waals surface area contributed by atoms with Crippen LogP contribution in [0.25, 0.3) is 0 Å². The van der Waals surface area contributed by atoms with Gasteiger partial charge in [0.2, 0.25) is 0 Å². The largest absolute Gasteiger partial charge is 0.467 e. The van der Waals surface area contributed by atoms with E-state index in [1.54, 1.807) is 0 Å². The van der Waals surface area contributed by atoms with Crippen molar-refractivity contribution < 1.29 is 14.3 Å². The molecule has 1 saturated heterocycles. The van der Waals surface area contributed by atoms with Gasteiger partial charge in [-0.2, -0.15) is 0 Å². The van der Waals surface area contributed by atoms with E-state index >= 15 is 0 Å². The zero-order valence-electron chi connectivity index (χ0n) is 11.9. The monoisotopic (exact) mass is 275 g/mol. The van der Waals surface area contributed by atoms with Gasteiger partial charge in [0, 0.05) is 13.2 Å². The molecule has 0 bridgehead atoms. The van der Waals surface area contributed by atoms with Gasteiger partial charge in [-0.25, -0.2) is 4.79 Å². The molecule has 4 nitrogen and oxygen atoms in total. The molecule has 0 saturated carbocycles. The molecule has 3 rings (SSSR count). The maximum Gasteiger partial charge on any atom is 0.330 e. The van der Waals surface area contributed by atoms with E-state index in [1.807, 2.05) is 18.2 Å². The van der Waals surface area contributed by atoms with Crippen molar-refractivity contribution in [3.8, 4) is 0 Å². The molecule has 0 amide bonds. The van der Waals surface area contributed by atoms with Gasteiger partial charge in [-0.05, 0) is 36.8 Å². The number of nitrogens with one attached hydrogen (secondary N) is 1. The molecule has 0 spiro atoms. The molecule has 0 aromatic heterocycles. The van der Waals surface area contributed by atoms with Crippen LogP contribution in [-0.2, 0) is 26.2 Å². The Morgan fingerprint density at radius 1 is 1.50 bits per heavy atom. The summed E-state index contributed by atoms with van der Waals surface area (Å²) in [5.74, 6) is -0.194. The van der Waals surface area contributed by atoms with Gasteiger partial charge in [0.15, 0.2) is 0 Å². The molecule has 1 aliphatic heterocycles. The minimum absolute atomic E-state index is 0.194. The second-order valence-corrected chi connectivity index (χ2v) is 5.57. The van der Waals surface area contributed by atoms with Crippen LogP contribution in [0, 0.1) is 0 Å². The van der Waals surface area contributed by atoms with Gasteiger partial charge < -0.3 is 9.47 Å². The maximum atomic E-state index is 12.4. The lowest BCUT2D eigenvalue weighted by Crippen LogP contribution is -2.50. The minimum atomic E-state index is -0.697. The normalized spacial score (nSPS) is 28.4. The van der Waals surface area contributed by atoms with Crippen LogP contribution in [0.5, 0.6) is 0 Å². The number of rotatable bonds is 4. The summed E-state index contributed by atoms with van der Waals surface area (Å²) in [7, 11) is 1.46. The number of hydrogen-bond acceptors (Lipinski definition) is 4. The maximum absolute atomic E-state index is 12.4. The van der Waals surface area contributed by atoms with Gasteiger partial charge in [0.1, 0.15) is 5.54 Å². The number of carbonyl (C=O) groups excluding carboxylic acids is 1. The highest BCUT2D eigenvalue weighted by Crippen LogP contribution is 2.38. The summed E-state index contributed by atoms with van der Waals surface area (Å²) in [6, 6.07) is 8.12. The number of methoxy groups -OCH3 is 1. The Balaban J connectivity index is 1.84. The van der Waals surface area contributed by atoms with E-state index in [0.717, 1.165) is 37.9 Å². The van der Waals surface area contributed by atoms with Crippen LogP contribution < -0.4 is 5.32 Å². The third-order valence-electron chi connectivity index (χ3n) is 4.44. The van der Waals surface area contributed by atoms with Crippen molar-refractivity contribution in [1.82, 2.24) is 5.32 Å². The van der Waals surface area contributed by atoms with E-state index in [-0.39, 0.29) is 12.1 Å². The average Bonchev–Trinajstić information content (AvgIpc) is 3.13. The van der Waals surface area contributed by atoms with Crippen LogP contribution in [0.4, 0.5) is 0 Å². The molecular formula is C16H21NO3. The number of hydrogen-bond donors (Lipinski definition) is 1. The zero-order chi connectivity index (χ0) is 14.0. The molecule has 20 heavy (non-hydrogen) atoms. The molecule has 1 aromatic carbocycles. The van der Waals surface area contributed by atoms with Crippen molar-refractivity contribution in [1.29, 1.82) is 0 Å². The third kappa shape index (κ3) is 2.23. The number of carbonyl (C=O) groups is 1. The molecule has 1 aliphatic carbocycles. The lowest BCUT2D eigenvalue weighted by atomic mass is 9.91. The zero-order valence-corrected chi connectivity index (χ0v) is 11.9. The number of aryl methyl sites for hydroxylation is 1. The van der Waals surface area contributed by atoms with Crippen molar-refractivity contribution >= 4 is 5.97 Å². The Kier molecular flexibility index (Phi) is 3.76. The highest BCUT2D eigenvalue weighted by Gasteiger charge is 2.46. The Labute approximate surface area is 119 Å². The predicted octanol–water partition coefficient (Wildman–Crippen LogP) is 1.77. The number of ether oxygens (including phenoxy) is 2. The van der Waals surface area contributed by atoms with Gasteiger partial charge >= 0.3 is 5.97 Å². The highest BCUT2D eigenvalue weighted by atomic mass is 16.5. The lowest BCUT2D eigenvalue weighted by molar-refractivity contribution is -0.149. The van der Waals surface area contributed by atoms with Crippen molar-refractivity contribution in [3.63, 3.8) is 0 Å². The SMILES string of the molecule is COC(=O)C1(NCC2CCCO2)CCc2ccccc21. The number of fused-ring (bicyclic) bond motifs is 1. The van der Waals surface area contributed by atoms with Crippen molar-refractivity contribution in [2.24, 2.45) is 0 Å². The summed E-state index contributed by atoms with van der Waals surface area (Å²) in [5, 5.41) is 3.44. The molecule has 0 radical (unpaired) electrons. The van der Waals surface area contributed by atoms with E-state index in [9.17, 15) is 4.79 Å². The van der Waals surface area contributed by atoms with Gasteiger partial charge in [0.05, 0.1) is 13.2 Å². The Bertz CT molecular complexity index is 496. The smallest absolute Gasteiger partial charge is 0.330 e. The summed E-state index contributed by atoms with van der Waals surface area (Å²) >= 11 is 0. The van der Waals surface area contributed by atoms with Gasteiger partial charge in [-0.1, -0.05) is 24.3 Å². The van der Waals surface area contributed by atoms with Gasteiger partial charge in [0.25, 0.3) is 0 Å². The predicted molar refractivity (Wildman–Crippen MR) is 75.4 cm³/mol. The molecule has 108 valence electrons. The Hall–Kier alpha value is -1.39. The molecule has 2 unspecified atom stereocenters. The average molecular weight is 275 g/mol. The fraction of sp³-hybridized carbons (Fsp3) is 0.562. The van der Waals surface area contributed by atoms with E-state index < -0.39 is 5.54 Å². The van der Waals surface area contributed by atoms with E-state index in [1.165, 1.54) is 12.7 Å². The Morgan fingerprint density at radius 3 is 3.10 bits per heavy atom. The summed E-state index contributed by atoms with van der Waals surface area (Å²) in [6.45, 7) is 1.53. The van der Waals surface area contributed by atoms with Crippen LogP contribution in [0.2, 0.25) is 0 Å². The fourth-order valence-corrected chi connectivity index (χ4v) is 3.35. The highest BCUT2D eigenvalue weighted by molar-refractivity contribution is 5.84. The number of benzene rings is 1. The molecule has 2 aliphatic rings. The van der Waals surface area contributed by atoms with Crippen molar-refractivity contribution in [2.75, 3.05) is 20.3 Å². The molecule has 2 atom stereocenters. The molecular weight excluding hydrogens is 254 g/mol. The summed E-state index contributed by atoms with van der Waals surface area (Å²) in [5.41, 5.74) is 1.60.